The Labute approximate surface area is 114 Å². The Morgan fingerprint density at radius 2 is 1.90 bits per heavy atom. The van der Waals surface area contributed by atoms with Gasteiger partial charge in [-0.15, -0.1) is 0 Å². The molecule has 0 atom stereocenters. The molecule has 0 bridgehead atoms. The van der Waals surface area contributed by atoms with Crippen LogP contribution in [0.3, 0.4) is 0 Å². The molecule has 0 saturated heterocycles. The normalized spacial score (nSPS) is 12.3. The molecule has 0 fully saturated rings. The zero-order chi connectivity index (χ0) is 15.6. The first-order chi connectivity index (χ1) is 9.01. The van der Waals surface area contributed by atoms with E-state index >= 15 is 0 Å². The highest BCUT2D eigenvalue weighted by Gasteiger charge is 2.40. The molecule has 0 saturated carbocycles. The predicted octanol–water partition coefficient (Wildman–Crippen LogP) is 3.20. The maximum atomic E-state index is 13.5. The largest absolute Gasteiger partial charge is 0.485 e. The van der Waals surface area contributed by atoms with Crippen LogP contribution in [0.15, 0.2) is 18.2 Å². The van der Waals surface area contributed by atoms with Gasteiger partial charge in [0.25, 0.3) is 0 Å². The average Bonchev–Trinajstić information content (AvgIpc) is 2.28. The first kappa shape index (κ1) is 16.3. The quantitative estimate of drug-likeness (QED) is 0.905. The smallest absolute Gasteiger partial charge is 0.456 e. The molecule has 112 valence electrons. The van der Waals surface area contributed by atoms with Crippen molar-refractivity contribution < 1.29 is 32.5 Å². The number of hydrogen-bond donors (Lipinski definition) is 1. The van der Waals surface area contributed by atoms with Gasteiger partial charge in [-0.25, -0.2) is 9.18 Å². The Bertz CT molecular complexity index is 495. The van der Waals surface area contributed by atoms with Crippen molar-refractivity contribution in [1.29, 1.82) is 0 Å². The highest BCUT2D eigenvalue weighted by atomic mass is 19.3. The molecule has 0 aliphatic carbocycles. The molecule has 7 heteroatoms. The number of alkyl halides is 2. The van der Waals surface area contributed by atoms with Crippen LogP contribution in [0.5, 0.6) is 5.75 Å². The lowest BCUT2D eigenvalue weighted by Gasteiger charge is -2.22. The van der Waals surface area contributed by atoms with Gasteiger partial charge in [0.2, 0.25) is 0 Å². The van der Waals surface area contributed by atoms with Crippen LogP contribution in [0.2, 0.25) is 0 Å². The molecule has 0 amide bonds. The van der Waals surface area contributed by atoms with E-state index in [2.05, 4.69) is 4.74 Å². The number of ether oxygens (including phenoxy) is 2. The Morgan fingerprint density at radius 1 is 1.30 bits per heavy atom. The number of halogens is 3. The molecule has 0 unspecified atom stereocenters. The summed E-state index contributed by atoms with van der Waals surface area (Å²) < 4.78 is 48.3. The Morgan fingerprint density at radius 3 is 2.40 bits per heavy atom. The third kappa shape index (κ3) is 4.73. The summed E-state index contributed by atoms with van der Waals surface area (Å²) in [6, 6.07) is 3.44. The van der Waals surface area contributed by atoms with Gasteiger partial charge in [-0.2, -0.15) is 8.78 Å². The number of carboxylic acids is 1. The first-order valence-corrected chi connectivity index (χ1v) is 5.74. The van der Waals surface area contributed by atoms with E-state index < -0.39 is 30.1 Å². The predicted molar refractivity (Wildman–Crippen MR) is 64.2 cm³/mol. The summed E-state index contributed by atoms with van der Waals surface area (Å²) in [7, 11) is 0. The third-order valence-electron chi connectivity index (χ3n) is 2.08. The van der Waals surface area contributed by atoms with Crippen molar-refractivity contribution in [3.63, 3.8) is 0 Å². The lowest BCUT2D eigenvalue weighted by molar-refractivity contribution is -0.250. The summed E-state index contributed by atoms with van der Waals surface area (Å²) in [5.74, 6) is -3.14. The van der Waals surface area contributed by atoms with Gasteiger partial charge in [-0.3, -0.25) is 0 Å². The summed E-state index contributed by atoms with van der Waals surface area (Å²) in [5, 5.41) is 8.21. The summed E-state index contributed by atoms with van der Waals surface area (Å²) in [5.41, 5.74) is -0.489. The second-order valence-electron chi connectivity index (χ2n) is 5.09. The van der Waals surface area contributed by atoms with E-state index in [1.807, 2.05) is 0 Å². The fraction of sp³-hybridized carbons (Fsp3) is 0.462. The summed E-state index contributed by atoms with van der Waals surface area (Å²) >= 11 is 0. The molecule has 1 N–H and O–H groups in total. The van der Waals surface area contributed by atoms with Gasteiger partial charge in [0, 0.05) is 0 Å². The number of carboxylic acid groups (broad SMARTS) is 1. The molecule has 0 aliphatic heterocycles. The SMILES string of the molecule is CC(C)(C)Oc1cc(COC(F)(F)C(=O)O)ccc1F. The van der Waals surface area contributed by atoms with Gasteiger partial charge in [0.15, 0.2) is 11.6 Å². The van der Waals surface area contributed by atoms with E-state index in [1.54, 1.807) is 20.8 Å². The molecule has 1 aromatic carbocycles. The minimum Gasteiger partial charge on any atom is -0.485 e. The highest BCUT2D eigenvalue weighted by molar-refractivity contribution is 5.73. The maximum Gasteiger partial charge on any atom is 0.456 e. The molecule has 1 rings (SSSR count). The van der Waals surface area contributed by atoms with Gasteiger partial charge in [0.1, 0.15) is 5.60 Å². The van der Waals surface area contributed by atoms with Crippen molar-refractivity contribution in [2.75, 3.05) is 0 Å². The zero-order valence-electron chi connectivity index (χ0n) is 11.2. The van der Waals surface area contributed by atoms with E-state index in [1.165, 1.54) is 12.1 Å². The Kier molecular flexibility index (Phi) is 4.65. The molecular weight excluding hydrogens is 277 g/mol. The third-order valence-corrected chi connectivity index (χ3v) is 2.08. The average molecular weight is 292 g/mol. The van der Waals surface area contributed by atoms with E-state index in [9.17, 15) is 18.0 Å². The van der Waals surface area contributed by atoms with E-state index in [4.69, 9.17) is 9.84 Å². The zero-order valence-corrected chi connectivity index (χ0v) is 11.2. The van der Waals surface area contributed by atoms with Crippen LogP contribution in [0.25, 0.3) is 0 Å². The number of aliphatic carboxylic acids is 1. The van der Waals surface area contributed by atoms with Gasteiger partial charge in [-0.05, 0) is 38.5 Å². The van der Waals surface area contributed by atoms with Crippen LogP contribution in [0, 0.1) is 5.82 Å². The van der Waals surface area contributed by atoms with Crippen LogP contribution in [-0.2, 0) is 16.1 Å². The van der Waals surface area contributed by atoms with Crippen LogP contribution in [0.1, 0.15) is 26.3 Å². The Hall–Kier alpha value is -1.76. The van der Waals surface area contributed by atoms with Crippen molar-refractivity contribution >= 4 is 5.97 Å². The van der Waals surface area contributed by atoms with E-state index in [-0.39, 0.29) is 11.3 Å². The van der Waals surface area contributed by atoms with Crippen LogP contribution in [0.4, 0.5) is 13.2 Å². The number of carbonyl (C=O) groups is 1. The molecule has 0 radical (unpaired) electrons. The standard InChI is InChI=1S/C13H15F3O4/c1-12(2,3)20-10-6-8(4-5-9(10)14)7-19-13(15,16)11(17)18/h4-6H,7H2,1-3H3,(H,17,18). The number of benzene rings is 1. The minimum atomic E-state index is -4.29. The van der Waals surface area contributed by atoms with E-state index in [0.717, 1.165) is 6.07 Å². The van der Waals surface area contributed by atoms with Gasteiger partial charge < -0.3 is 14.6 Å². The lowest BCUT2D eigenvalue weighted by Crippen LogP contribution is -2.31. The Balaban J connectivity index is 2.83. The molecule has 0 aliphatic rings. The topological polar surface area (TPSA) is 55.8 Å². The fourth-order valence-corrected chi connectivity index (χ4v) is 1.28. The summed E-state index contributed by atoms with van der Waals surface area (Å²) in [6.07, 6.45) is -4.29. The van der Waals surface area contributed by atoms with E-state index in [0.29, 0.717) is 0 Å². The first-order valence-electron chi connectivity index (χ1n) is 5.74. The molecule has 20 heavy (non-hydrogen) atoms. The van der Waals surface area contributed by atoms with Crippen molar-refractivity contribution in [2.24, 2.45) is 0 Å². The number of rotatable bonds is 5. The molecular formula is C13H15F3O4. The van der Waals surface area contributed by atoms with Crippen LogP contribution >= 0.6 is 0 Å². The lowest BCUT2D eigenvalue weighted by atomic mass is 10.1. The van der Waals surface area contributed by atoms with Crippen molar-refractivity contribution in [3.8, 4) is 5.75 Å². The highest BCUT2D eigenvalue weighted by Crippen LogP contribution is 2.25. The molecule has 1 aromatic rings. The van der Waals surface area contributed by atoms with Crippen LogP contribution in [-0.4, -0.2) is 22.8 Å². The summed E-state index contributed by atoms with van der Waals surface area (Å²) in [4.78, 5) is 10.2. The molecule has 0 spiro atoms. The van der Waals surface area contributed by atoms with Gasteiger partial charge in [0.05, 0.1) is 6.61 Å². The monoisotopic (exact) mass is 292 g/mol. The summed E-state index contributed by atoms with van der Waals surface area (Å²) in [6.45, 7) is 4.43. The van der Waals surface area contributed by atoms with Crippen molar-refractivity contribution in [2.45, 2.75) is 39.1 Å². The second-order valence-corrected chi connectivity index (χ2v) is 5.09. The minimum absolute atomic E-state index is 0.114. The van der Waals surface area contributed by atoms with Crippen molar-refractivity contribution in [3.05, 3.63) is 29.6 Å². The molecule has 0 heterocycles. The van der Waals surface area contributed by atoms with Crippen molar-refractivity contribution in [1.82, 2.24) is 0 Å². The second kappa shape index (κ2) is 5.70. The maximum absolute atomic E-state index is 13.5. The van der Waals surface area contributed by atoms with Gasteiger partial charge >= 0.3 is 12.1 Å². The molecule has 0 aromatic heterocycles. The number of hydrogen-bond acceptors (Lipinski definition) is 3. The van der Waals surface area contributed by atoms with Gasteiger partial charge in [-0.1, -0.05) is 6.07 Å². The molecule has 4 nitrogen and oxygen atoms in total. The van der Waals surface area contributed by atoms with Crippen LogP contribution < -0.4 is 4.74 Å². The fourth-order valence-electron chi connectivity index (χ4n) is 1.28.